The number of halogens is 1. The van der Waals surface area contributed by atoms with E-state index in [-0.39, 0.29) is 5.97 Å². The molecule has 94 valence electrons. The summed E-state index contributed by atoms with van der Waals surface area (Å²) in [4.78, 5) is 11.5. The van der Waals surface area contributed by atoms with E-state index in [1.807, 2.05) is 26.0 Å². The number of aryl methyl sites for hydroxylation is 2. The summed E-state index contributed by atoms with van der Waals surface area (Å²) in [6, 6.07) is 3.92. The van der Waals surface area contributed by atoms with Crippen molar-refractivity contribution >= 4 is 21.9 Å². The molecule has 0 unspecified atom stereocenters. The van der Waals surface area contributed by atoms with Gasteiger partial charge in [-0.25, -0.2) is 4.79 Å². The summed E-state index contributed by atoms with van der Waals surface area (Å²) >= 11 is 3.42. The van der Waals surface area contributed by atoms with Crippen molar-refractivity contribution in [2.24, 2.45) is 0 Å². The Morgan fingerprint density at radius 1 is 1.35 bits per heavy atom. The standard InChI is InChI=1S/C13H17BrO3/c1-5-16-13(15)10(4)17-12-8(2)6-11(14)7-9(12)3/h6-7,10H,5H2,1-4H3/t10-/m1/s1. The Kier molecular flexibility index (Phi) is 5.00. The molecule has 0 fully saturated rings. The average molecular weight is 301 g/mol. The summed E-state index contributed by atoms with van der Waals surface area (Å²) in [6.45, 7) is 7.74. The molecule has 0 aromatic heterocycles. The van der Waals surface area contributed by atoms with Crippen molar-refractivity contribution in [3.05, 3.63) is 27.7 Å². The molecule has 0 saturated carbocycles. The SMILES string of the molecule is CCOC(=O)[C@@H](C)Oc1c(C)cc(Br)cc1C. The van der Waals surface area contributed by atoms with Crippen LogP contribution in [0, 0.1) is 13.8 Å². The van der Waals surface area contributed by atoms with E-state index in [1.165, 1.54) is 0 Å². The van der Waals surface area contributed by atoms with Crippen LogP contribution in [0.4, 0.5) is 0 Å². The van der Waals surface area contributed by atoms with Gasteiger partial charge in [0.05, 0.1) is 6.61 Å². The van der Waals surface area contributed by atoms with Crippen molar-refractivity contribution in [3.8, 4) is 5.75 Å². The molecular formula is C13H17BrO3. The van der Waals surface area contributed by atoms with Crippen molar-refractivity contribution in [2.75, 3.05) is 6.61 Å². The summed E-state index contributed by atoms with van der Waals surface area (Å²) < 4.78 is 11.6. The zero-order chi connectivity index (χ0) is 13.0. The second-order valence-corrected chi connectivity index (χ2v) is 4.80. The average Bonchev–Trinajstić information content (AvgIpc) is 2.23. The molecule has 0 amide bonds. The van der Waals surface area contributed by atoms with Crippen LogP contribution < -0.4 is 4.74 Å². The van der Waals surface area contributed by atoms with Crippen LogP contribution in [0.3, 0.4) is 0 Å². The van der Waals surface area contributed by atoms with E-state index in [2.05, 4.69) is 15.9 Å². The van der Waals surface area contributed by atoms with Crippen molar-refractivity contribution in [2.45, 2.75) is 33.8 Å². The van der Waals surface area contributed by atoms with E-state index in [0.717, 1.165) is 21.3 Å². The van der Waals surface area contributed by atoms with Crippen molar-refractivity contribution < 1.29 is 14.3 Å². The van der Waals surface area contributed by atoms with Gasteiger partial charge in [-0.1, -0.05) is 15.9 Å². The summed E-state index contributed by atoms with van der Waals surface area (Å²) in [6.07, 6.45) is -0.589. The second-order valence-electron chi connectivity index (χ2n) is 3.88. The van der Waals surface area contributed by atoms with Crippen LogP contribution in [-0.2, 0) is 9.53 Å². The molecule has 0 saturated heterocycles. The van der Waals surface area contributed by atoms with Gasteiger partial charge in [0, 0.05) is 4.47 Å². The Bertz CT molecular complexity index is 392. The molecule has 17 heavy (non-hydrogen) atoms. The van der Waals surface area contributed by atoms with Gasteiger partial charge in [0.2, 0.25) is 0 Å². The maximum atomic E-state index is 11.5. The number of carbonyl (C=O) groups excluding carboxylic acids is 1. The number of carbonyl (C=O) groups is 1. The largest absolute Gasteiger partial charge is 0.478 e. The summed E-state index contributed by atoms with van der Waals surface area (Å²) in [7, 11) is 0. The molecule has 4 heteroatoms. The highest BCUT2D eigenvalue weighted by Crippen LogP contribution is 2.28. The lowest BCUT2D eigenvalue weighted by Gasteiger charge is -2.17. The number of esters is 1. The predicted molar refractivity (Wildman–Crippen MR) is 70.3 cm³/mol. The summed E-state index contributed by atoms with van der Waals surface area (Å²) in [5, 5.41) is 0. The maximum absolute atomic E-state index is 11.5. The molecule has 0 N–H and O–H groups in total. The highest BCUT2D eigenvalue weighted by atomic mass is 79.9. The zero-order valence-electron chi connectivity index (χ0n) is 10.5. The molecule has 1 atom stereocenters. The van der Waals surface area contributed by atoms with E-state index in [9.17, 15) is 4.79 Å². The van der Waals surface area contributed by atoms with Gasteiger partial charge in [0.1, 0.15) is 5.75 Å². The summed E-state index contributed by atoms with van der Waals surface area (Å²) in [5.41, 5.74) is 1.99. The van der Waals surface area contributed by atoms with Gasteiger partial charge in [-0.15, -0.1) is 0 Å². The lowest BCUT2D eigenvalue weighted by Crippen LogP contribution is -2.26. The van der Waals surface area contributed by atoms with E-state index in [1.54, 1.807) is 13.8 Å². The number of hydrogen-bond acceptors (Lipinski definition) is 3. The second kappa shape index (κ2) is 6.05. The fraction of sp³-hybridized carbons (Fsp3) is 0.462. The Hall–Kier alpha value is -1.03. The van der Waals surface area contributed by atoms with Crippen LogP contribution in [0.2, 0.25) is 0 Å². The quantitative estimate of drug-likeness (QED) is 0.800. The Morgan fingerprint density at radius 3 is 2.35 bits per heavy atom. The summed E-state index contributed by atoms with van der Waals surface area (Å²) in [5.74, 6) is 0.406. The third-order valence-electron chi connectivity index (χ3n) is 2.34. The highest BCUT2D eigenvalue weighted by Gasteiger charge is 2.17. The van der Waals surface area contributed by atoms with Gasteiger partial charge in [0.25, 0.3) is 0 Å². The van der Waals surface area contributed by atoms with Crippen LogP contribution in [0.1, 0.15) is 25.0 Å². The van der Waals surface area contributed by atoms with Gasteiger partial charge in [-0.05, 0) is 51.0 Å². The zero-order valence-corrected chi connectivity index (χ0v) is 12.1. The molecule has 0 aliphatic carbocycles. The van der Waals surface area contributed by atoms with Crippen LogP contribution in [0.5, 0.6) is 5.75 Å². The van der Waals surface area contributed by atoms with E-state index in [4.69, 9.17) is 9.47 Å². The first-order valence-corrected chi connectivity index (χ1v) is 6.35. The van der Waals surface area contributed by atoms with Crippen molar-refractivity contribution in [3.63, 3.8) is 0 Å². The van der Waals surface area contributed by atoms with Crippen LogP contribution in [-0.4, -0.2) is 18.7 Å². The lowest BCUT2D eigenvalue weighted by atomic mass is 10.1. The molecular weight excluding hydrogens is 284 g/mol. The minimum atomic E-state index is -0.589. The Morgan fingerprint density at radius 2 is 1.88 bits per heavy atom. The topological polar surface area (TPSA) is 35.5 Å². The molecule has 0 aliphatic heterocycles. The first-order chi connectivity index (χ1) is 7.95. The first kappa shape index (κ1) is 14.0. The molecule has 0 aliphatic rings. The van der Waals surface area contributed by atoms with Gasteiger partial charge in [-0.2, -0.15) is 0 Å². The molecule has 1 aromatic carbocycles. The molecule has 3 nitrogen and oxygen atoms in total. The molecule has 1 aromatic rings. The Balaban J connectivity index is 2.85. The number of ether oxygens (including phenoxy) is 2. The van der Waals surface area contributed by atoms with Crippen LogP contribution in [0.15, 0.2) is 16.6 Å². The van der Waals surface area contributed by atoms with E-state index in [0.29, 0.717) is 6.61 Å². The molecule has 1 rings (SSSR count). The maximum Gasteiger partial charge on any atom is 0.347 e. The highest BCUT2D eigenvalue weighted by molar-refractivity contribution is 9.10. The van der Waals surface area contributed by atoms with Crippen LogP contribution in [0.25, 0.3) is 0 Å². The van der Waals surface area contributed by atoms with Gasteiger partial charge in [-0.3, -0.25) is 0 Å². The number of hydrogen-bond donors (Lipinski definition) is 0. The fourth-order valence-electron chi connectivity index (χ4n) is 1.57. The molecule has 0 bridgehead atoms. The normalized spacial score (nSPS) is 12.1. The molecule has 0 radical (unpaired) electrons. The molecule has 0 spiro atoms. The third-order valence-corrected chi connectivity index (χ3v) is 2.80. The van der Waals surface area contributed by atoms with E-state index < -0.39 is 6.10 Å². The predicted octanol–water partition coefficient (Wildman–Crippen LogP) is 3.40. The number of rotatable bonds is 4. The Labute approximate surface area is 110 Å². The minimum absolute atomic E-state index is 0.339. The first-order valence-electron chi connectivity index (χ1n) is 5.55. The van der Waals surface area contributed by atoms with Gasteiger partial charge in [0.15, 0.2) is 6.10 Å². The van der Waals surface area contributed by atoms with Crippen molar-refractivity contribution in [1.29, 1.82) is 0 Å². The third kappa shape index (κ3) is 3.73. The molecule has 0 heterocycles. The van der Waals surface area contributed by atoms with Crippen LogP contribution >= 0.6 is 15.9 Å². The smallest absolute Gasteiger partial charge is 0.347 e. The van der Waals surface area contributed by atoms with Gasteiger partial charge < -0.3 is 9.47 Å². The number of benzene rings is 1. The van der Waals surface area contributed by atoms with E-state index >= 15 is 0 Å². The monoisotopic (exact) mass is 300 g/mol. The van der Waals surface area contributed by atoms with Crippen molar-refractivity contribution in [1.82, 2.24) is 0 Å². The lowest BCUT2D eigenvalue weighted by molar-refractivity contribution is -0.150. The van der Waals surface area contributed by atoms with Gasteiger partial charge >= 0.3 is 5.97 Å². The fourth-order valence-corrected chi connectivity index (χ4v) is 2.25. The minimum Gasteiger partial charge on any atom is -0.478 e.